The quantitative estimate of drug-likeness (QED) is 0.592. The van der Waals surface area contributed by atoms with E-state index < -0.39 is 9.28 Å². The maximum absolute atomic E-state index is 3.67. The first kappa shape index (κ1) is 9.24. The van der Waals surface area contributed by atoms with E-state index in [-0.39, 0.29) is 0 Å². The van der Waals surface area contributed by atoms with E-state index in [2.05, 4.69) is 34.5 Å². The third-order valence-electron chi connectivity index (χ3n) is 2.79. The zero-order chi connectivity index (χ0) is 9.26. The van der Waals surface area contributed by atoms with Crippen molar-refractivity contribution >= 4 is 9.28 Å². The van der Waals surface area contributed by atoms with E-state index in [0.717, 1.165) is 0 Å². The molecule has 1 fully saturated rings. The molecule has 0 amide bonds. The van der Waals surface area contributed by atoms with Crippen LogP contribution in [0.2, 0.25) is 0 Å². The number of allylic oxidation sites excluding steroid dienone is 1. The summed E-state index contributed by atoms with van der Waals surface area (Å²) in [6.45, 7) is 6.99. The van der Waals surface area contributed by atoms with Gasteiger partial charge in [-0.05, 0) is 45.5 Å². The maximum Gasteiger partial charge on any atom is 0.297 e. The zero-order valence-electron chi connectivity index (χ0n) is 8.51. The molecule has 0 aromatic rings. The van der Waals surface area contributed by atoms with E-state index >= 15 is 0 Å². The first-order valence-electron chi connectivity index (χ1n) is 5.21. The molecule has 0 saturated carbocycles. The summed E-state index contributed by atoms with van der Waals surface area (Å²) in [5.41, 5.74) is 1.36. The number of nitrogens with zero attached hydrogens (tertiary/aromatic N) is 1. The van der Waals surface area contributed by atoms with Gasteiger partial charge in [-0.3, -0.25) is 4.57 Å². The van der Waals surface area contributed by atoms with E-state index in [9.17, 15) is 0 Å². The molecule has 74 valence electrons. The van der Waals surface area contributed by atoms with E-state index in [1.807, 2.05) is 0 Å². The van der Waals surface area contributed by atoms with Crippen LogP contribution in [0.25, 0.3) is 0 Å². The molecule has 2 rings (SSSR count). The highest BCUT2D eigenvalue weighted by molar-refractivity contribution is 6.51. The highest BCUT2D eigenvalue weighted by Crippen LogP contribution is 2.10. The van der Waals surface area contributed by atoms with Gasteiger partial charge in [-0.2, -0.15) is 0 Å². The Labute approximate surface area is 82.0 Å². The van der Waals surface area contributed by atoms with E-state index in [0.29, 0.717) is 6.04 Å². The molecular weight excluding hydrogens is 178 g/mol. The van der Waals surface area contributed by atoms with Crippen LogP contribution in [0.3, 0.4) is 0 Å². The van der Waals surface area contributed by atoms with Crippen LogP contribution >= 0.6 is 0 Å². The van der Waals surface area contributed by atoms with Crippen molar-refractivity contribution in [3.8, 4) is 0 Å². The summed E-state index contributed by atoms with van der Waals surface area (Å²) in [4.78, 5) is 7.27. The summed E-state index contributed by atoms with van der Waals surface area (Å²) < 4.78 is 2.62. The number of hydrogen-bond donors (Lipinski definition) is 2. The third kappa shape index (κ3) is 2.13. The Balaban J connectivity index is 1.97. The highest BCUT2D eigenvalue weighted by atomic mass is 28.3. The zero-order valence-corrected chi connectivity index (χ0v) is 9.66. The molecule has 13 heavy (non-hydrogen) atoms. The standard InChI is InChI=1S/C9H19N3Si/c1-8-7-9(2)11-13(10-8)12-5-3-4-6-12/h7-8,10-11,13H,3-6H2,1-2H3. The minimum atomic E-state index is -1.03. The van der Waals surface area contributed by atoms with Gasteiger partial charge in [0.1, 0.15) is 0 Å². The molecule has 2 atom stereocenters. The molecule has 3 nitrogen and oxygen atoms in total. The Bertz CT molecular complexity index is 211. The summed E-state index contributed by atoms with van der Waals surface area (Å²) in [6, 6.07) is 0.554. The lowest BCUT2D eigenvalue weighted by Gasteiger charge is -2.33. The Morgan fingerprint density at radius 3 is 2.77 bits per heavy atom. The first-order chi connectivity index (χ1) is 6.25. The van der Waals surface area contributed by atoms with Crippen molar-refractivity contribution in [2.75, 3.05) is 13.1 Å². The van der Waals surface area contributed by atoms with Crippen molar-refractivity contribution in [3.63, 3.8) is 0 Å². The van der Waals surface area contributed by atoms with Crippen LogP contribution in [-0.2, 0) is 0 Å². The normalized spacial score (nSPS) is 35.7. The summed E-state index contributed by atoms with van der Waals surface area (Å²) in [5, 5.41) is 0. The van der Waals surface area contributed by atoms with Crippen molar-refractivity contribution in [1.29, 1.82) is 0 Å². The molecule has 2 aliphatic rings. The van der Waals surface area contributed by atoms with Gasteiger partial charge in [0.2, 0.25) is 0 Å². The highest BCUT2D eigenvalue weighted by Gasteiger charge is 2.27. The van der Waals surface area contributed by atoms with Crippen molar-refractivity contribution < 1.29 is 0 Å². The minimum Gasteiger partial charge on any atom is -0.393 e. The number of nitrogens with one attached hydrogen (secondary N) is 2. The van der Waals surface area contributed by atoms with Gasteiger partial charge < -0.3 is 9.96 Å². The Hall–Kier alpha value is -0.323. The molecule has 2 N–H and O–H groups in total. The monoisotopic (exact) mass is 197 g/mol. The molecule has 2 heterocycles. The smallest absolute Gasteiger partial charge is 0.297 e. The molecule has 1 saturated heterocycles. The van der Waals surface area contributed by atoms with Crippen molar-refractivity contribution in [1.82, 2.24) is 14.5 Å². The average Bonchev–Trinajstić information content (AvgIpc) is 2.53. The predicted octanol–water partition coefficient (Wildman–Crippen LogP) is 0.284. The summed E-state index contributed by atoms with van der Waals surface area (Å²) in [7, 11) is -1.03. The first-order valence-corrected chi connectivity index (χ1v) is 6.88. The van der Waals surface area contributed by atoms with Crippen LogP contribution in [0, 0.1) is 0 Å². The van der Waals surface area contributed by atoms with Gasteiger partial charge in [0.25, 0.3) is 9.28 Å². The fourth-order valence-corrected chi connectivity index (χ4v) is 4.65. The van der Waals surface area contributed by atoms with Crippen molar-refractivity contribution in [3.05, 3.63) is 11.8 Å². The molecule has 2 aliphatic heterocycles. The number of hydrogen-bond acceptors (Lipinski definition) is 3. The van der Waals surface area contributed by atoms with Crippen LogP contribution in [0.5, 0.6) is 0 Å². The summed E-state index contributed by atoms with van der Waals surface area (Å²) in [6.07, 6.45) is 5.02. The topological polar surface area (TPSA) is 27.3 Å². The Kier molecular flexibility index (Phi) is 2.71. The SMILES string of the molecule is CC1=CC(C)N[SiH](N2CCCC2)N1. The molecule has 0 radical (unpaired) electrons. The largest absolute Gasteiger partial charge is 0.393 e. The Morgan fingerprint density at radius 2 is 2.15 bits per heavy atom. The molecule has 0 bridgehead atoms. The van der Waals surface area contributed by atoms with Crippen LogP contribution < -0.4 is 9.96 Å². The third-order valence-corrected chi connectivity index (χ3v) is 5.61. The molecule has 0 spiro atoms. The molecule has 4 heteroatoms. The van der Waals surface area contributed by atoms with Gasteiger partial charge in [-0.15, -0.1) is 0 Å². The fourth-order valence-electron chi connectivity index (χ4n) is 2.17. The average molecular weight is 197 g/mol. The number of rotatable bonds is 1. The lowest BCUT2D eigenvalue weighted by atomic mass is 10.3. The Morgan fingerprint density at radius 1 is 1.46 bits per heavy atom. The van der Waals surface area contributed by atoms with Gasteiger partial charge in [0.15, 0.2) is 0 Å². The van der Waals surface area contributed by atoms with Gasteiger partial charge >= 0.3 is 0 Å². The summed E-state index contributed by atoms with van der Waals surface area (Å²) >= 11 is 0. The lowest BCUT2D eigenvalue weighted by Crippen LogP contribution is -2.62. The van der Waals surface area contributed by atoms with Gasteiger partial charge in [-0.1, -0.05) is 6.08 Å². The van der Waals surface area contributed by atoms with Crippen LogP contribution in [0.15, 0.2) is 11.8 Å². The molecule has 0 aromatic carbocycles. The van der Waals surface area contributed by atoms with Crippen molar-refractivity contribution in [2.24, 2.45) is 0 Å². The molecule has 0 aromatic heterocycles. The van der Waals surface area contributed by atoms with Gasteiger partial charge in [0.05, 0.1) is 0 Å². The summed E-state index contributed by atoms with van der Waals surface area (Å²) in [5.74, 6) is 0. The second-order valence-electron chi connectivity index (χ2n) is 4.09. The molecule has 2 unspecified atom stereocenters. The van der Waals surface area contributed by atoms with E-state index in [1.54, 1.807) is 0 Å². The fraction of sp³-hybridized carbons (Fsp3) is 0.778. The van der Waals surface area contributed by atoms with E-state index in [4.69, 9.17) is 0 Å². The van der Waals surface area contributed by atoms with E-state index in [1.165, 1.54) is 31.6 Å². The molecular formula is C9H19N3Si. The second kappa shape index (κ2) is 3.82. The predicted molar refractivity (Wildman–Crippen MR) is 57.4 cm³/mol. The van der Waals surface area contributed by atoms with Gasteiger partial charge in [-0.25, -0.2) is 0 Å². The van der Waals surface area contributed by atoms with Crippen LogP contribution in [0.4, 0.5) is 0 Å². The van der Waals surface area contributed by atoms with Crippen LogP contribution in [-0.4, -0.2) is 33.0 Å². The van der Waals surface area contributed by atoms with Crippen LogP contribution in [0.1, 0.15) is 26.7 Å². The molecule has 0 aliphatic carbocycles. The van der Waals surface area contributed by atoms with Gasteiger partial charge in [0, 0.05) is 6.04 Å². The minimum absolute atomic E-state index is 0.554. The van der Waals surface area contributed by atoms with Crippen molar-refractivity contribution in [2.45, 2.75) is 32.7 Å². The second-order valence-corrected chi connectivity index (χ2v) is 6.25. The lowest BCUT2D eigenvalue weighted by molar-refractivity contribution is 0.496. The maximum atomic E-state index is 3.67.